The molecule has 28 heavy (non-hydrogen) atoms. The fraction of sp³-hybridized carbons (Fsp3) is 0.158. The van der Waals surface area contributed by atoms with E-state index in [9.17, 15) is 13.7 Å². The molecule has 7 nitrogen and oxygen atoms in total. The second-order valence-electron chi connectivity index (χ2n) is 5.84. The molecule has 3 rings (SSSR count). The van der Waals surface area contributed by atoms with Crippen LogP contribution in [-0.2, 0) is 14.9 Å². The predicted octanol–water partition coefficient (Wildman–Crippen LogP) is 3.92. The van der Waals surface area contributed by atoms with Crippen LogP contribution in [0.2, 0.25) is 0 Å². The highest BCUT2D eigenvalue weighted by Gasteiger charge is 2.54. The van der Waals surface area contributed by atoms with Gasteiger partial charge in [0.25, 0.3) is 5.00 Å². The van der Waals surface area contributed by atoms with Gasteiger partial charge in [-0.3, -0.25) is 0 Å². The van der Waals surface area contributed by atoms with Crippen LogP contribution in [-0.4, -0.2) is 27.0 Å². The molecule has 0 aliphatic carbocycles. The quantitative estimate of drug-likeness (QED) is 0.447. The summed E-state index contributed by atoms with van der Waals surface area (Å²) in [5.41, 5.74) is 1.24. The fourth-order valence-electron chi connectivity index (χ4n) is 2.84. The first-order valence-electron chi connectivity index (χ1n) is 8.19. The maximum atomic E-state index is 13.8. The van der Waals surface area contributed by atoms with Gasteiger partial charge in [0, 0.05) is 27.7 Å². The summed E-state index contributed by atoms with van der Waals surface area (Å²) in [6.45, 7) is 1.87. The molecule has 0 fully saturated rings. The van der Waals surface area contributed by atoms with E-state index in [1.807, 2.05) is 13.0 Å². The summed E-state index contributed by atoms with van der Waals surface area (Å²) in [6.07, 6.45) is 0. The normalized spacial score (nSPS) is 13.5. The number of methoxy groups -OCH3 is 1. The van der Waals surface area contributed by atoms with E-state index < -0.39 is 14.1 Å². The van der Waals surface area contributed by atoms with Crippen LogP contribution in [0.4, 0.5) is 10.7 Å². The average molecular weight is 417 g/mol. The number of para-hydroxylation sites is 1. The standard InChI is InChI=1S/C19H18N3O4S2/c1-14-9-11-16(12-10-14)28(23,24)22(26-3,15-7-5-4-6-8-15)19-17(13-20)18(25-2)21-27-19/h4-12H,1-3H3/q+1. The van der Waals surface area contributed by atoms with Gasteiger partial charge < -0.3 is 4.74 Å². The third-order valence-electron chi connectivity index (χ3n) is 4.23. The lowest BCUT2D eigenvalue weighted by molar-refractivity contribution is 0.00914. The van der Waals surface area contributed by atoms with Crippen molar-refractivity contribution in [3.8, 4) is 11.9 Å². The number of rotatable bonds is 6. The molecule has 0 N–H and O–H groups in total. The van der Waals surface area contributed by atoms with Gasteiger partial charge in [-0.1, -0.05) is 35.9 Å². The van der Waals surface area contributed by atoms with Crippen LogP contribution in [0.1, 0.15) is 11.1 Å². The summed E-state index contributed by atoms with van der Waals surface area (Å²) in [5, 5.41) is 9.77. The summed E-state index contributed by atoms with van der Waals surface area (Å²) < 4.78 is 35.9. The SMILES string of the molecule is COc1nsc([N+](OC)(c2ccccc2)S(=O)(=O)c2ccc(C)cc2)c1C#N. The lowest BCUT2D eigenvalue weighted by atomic mass is 10.2. The van der Waals surface area contributed by atoms with Crippen molar-refractivity contribution in [1.29, 1.82) is 5.26 Å². The molecule has 0 bridgehead atoms. The molecule has 0 spiro atoms. The minimum absolute atomic E-state index is 0.00823. The summed E-state index contributed by atoms with van der Waals surface area (Å²) in [6, 6.07) is 16.9. The van der Waals surface area contributed by atoms with Gasteiger partial charge in [-0.05, 0) is 19.1 Å². The average Bonchev–Trinajstić information content (AvgIpc) is 3.13. The third-order valence-corrected chi connectivity index (χ3v) is 7.32. The van der Waals surface area contributed by atoms with Crippen molar-refractivity contribution < 1.29 is 18.0 Å². The maximum Gasteiger partial charge on any atom is 0.368 e. The number of aromatic nitrogens is 1. The van der Waals surface area contributed by atoms with Crippen LogP contribution in [0.3, 0.4) is 0 Å². The monoisotopic (exact) mass is 416 g/mol. The van der Waals surface area contributed by atoms with Crippen molar-refractivity contribution in [3.63, 3.8) is 0 Å². The van der Waals surface area contributed by atoms with E-state index in [1.165, 1.54) is 26.4 Å². The number of nitriles is 1. The van der Waals surface area contributed by atoms with Crippen LogP contribution >= 0.6 is 11.5 Å². The Morgan fingerprint density at radius 1 is 1.07 bits per heavy atom. The van der Waals surface area contributed by atoms with Gasteiger partial charge in [-0.25, -0.2) is 0 Å². The summed E-state index contributed by atoms with van der Waals surface area (Å²) >= 11 is 0.847. The van der Waals surface area contributed by atoms with Crippen molar-refractivity contribution in [2.45, 2.75) is 11.8 Å². The smallest absolute Gasteiger partial charge is 0.368 e. The number of benzene rings is 2. The highest BCUT2D eigenvalue weighted by molar-refractivity contribution is 7.91. The fourth-order valence-corrected chi connectivity index (χ4v) is 5.76. The summed E-state index contributed by atoms with van der Waals surface area (Å²) in [5.74, 6) is 0.0529. The molecule has 0 radical (unpaired) electrons. The summed E-state index contributed by atoms with van der Waals surface area (Å²) in [4.78, 5) is 5.73. The van der Waals surface area contributed by atoms with Gasteiger partial charge in [0.2, 0.25) is 5.88 Å². The number of ether oxygens (including phenoxy) is 1. The van der Waals surface area contributed by atoms with Gasteiger partial charge in [0.15, 0.2) is 11.3 Å². The zero-order valence-electron chi connectivity index (χ0n) is 15.5. The van der Waals surface area contributed by atoms with Crippen molar-refractivity contribution in [1.82, 2.24) is 8.43 Å². The molecule has 0 amide bonds. The highest BCUT2D eigenvalue weighted by atomic mass is 32.2. The van der Waals surface area contributed by atoms with Gasteiger partial charge >= 0.3 is 10.0 Å². The molecule has 0 saturated carbocycles. The molecular weight excluding hydrogens is 398 g/mol. The predicted molar refractivity (Wildman–Crippen MR) is 107 cm³/mol. The maximum absolute atomic E-state index is 13.8. The molecule has 0 aliphatic heterocycles. The Bertz CT molecular complexity index is 1120. The first-order valence-corrected chi connectivity index (χ1v) is 10.4. The topological polar surface area (TPSA) is 89.3 Å². The van der Waals surface area contributed by atoms with Gasteiger partial charge in [-0.15, -0.1) is 4.37 Å². The first kappa shape index (κ1) is 20.0. The molecular formula is C19H18N3O4S2+. The number of hydrogen-bond acceptors (Lipinski definition) is 7. The Kier molecular flexibility index (Phi) is 5.49. The van der Waals surface area contributed by atoms with E-state index in [0.717, 1.165) is 17.1 Å². The summed E-state index contributed by atoms with van der Waals surface area (Å²) in [7, 11) is -1.53. The van der Waals surface area contributed by atoms with Crippen molar-refractivity contribution in [3.05, 3.63) is 65.7 Å². The zero-order valence-corrected chi connectivity index (χ0v) is 17.1. The number of sulfonamides is 1. The Morgan fingerprint density at radius 2 is 1.71 bits per heavy atom. The van der Waals surface area contributed by atoms with Crippen LogP contribution in [0.15, 0.2) is 59.5 Å². The molecule has 1 aromatic heterocycles. The zero-order chi connectivity index (χ0) is 20.4. The minimum atomic E-state index is -4.18. The second kappa shape index (κ2) is 7.69. The molecule has 144 valence electrons. The lowest BCUT2D eigenvalue weighted by Crippen LogP contribution is -2.48. The minimum Gasteiger partial charge on any atom is -0.479 e. The van der Waals surface area contributed by atoms with Crippen LogP contribution in [0, 0.1) is 18.3 Å². The van der Waals surface area contributed by atoms with E-state index >= 15 is 0 Å². The Labute approximate surface area is 167 Å². The van der Waals surface area contributed by atoms with E-state index in [2.05, 4.69) is 4.37 Å². The molecule has 0 aliphatic rings. The first-order chi connectivity index (χ1) is 13.4. The molecule has 2 aromatic carbocycles. The molecule has 0 saturated heterocycles. The Hall–Kier alpha value is -2.77. The Morgan fingerprint density at radius 3 is 2.25 bits per heavy atom. The van der Waals surface area contributed by atoms with Crippen LogP contribution in [0.25, 0.3) is 0 Å². The van der Waals surface area contributed by atoms with Crippen LogP contribution < -0.4 is 8.79 Å². The van der Waals surface area contributed by atoms with E-state index in [-0.39, 0.29) is 21.3 Å². The third kappa shape index (κ3) is 2.96. The van der Waals surface area contributed by atoms with Crippen molar-refractivity contribution in [2.24, 2.45) is 0 Å². The molecule has 1 atom stereocenters. The highest BCUT2D eigenvalue weighted by Crippen LogP contribution is 2.47. The number of hydrogen-bond donors (Lipinski definition) is 0. The molecule has 3 aromatic rings. The van der Waals surface area contributed by atoms with Crippen molar-refractivity contribution in [2.75, 3.05) is 14.2 Å². The number of quaternary nitrogens is 1. The van der Waals surface area contributed by atoms with Gasteiger partial charge in [0.05, 0.1) is 14.2 Å². The van der Waals surface area contributed by atoms with Crippen molar-refractivity contribution >= 4 is 32.2 Å². The van der Waals surface area contributed by atoms with Gasteiger partial charge in [0.1, 0.15) is 11.0 Å². The molecule has 1 unspecified atom stereocenters. The van der Waals surface area contributed by atoms with E-state index in [4.69, 9.17) is 9.57 Å². The van der Waals surface area contributed by atoms with E-state index in [1.54, 1.807) is 42.5 Å². The number of nitrogens with zero attached hydrogens (tertiary/aromatic N) is 3. The lowest BCUT2D eigenvalue weighted by Gasteiger charge is -2.30. The second-order valence-corrected chi connectivity index (χ2v) is 8.53. The van der Waals surface area contributed by atoms with Crippen LogP contribution in [0.5, 0.6) is 5.88 Å². The number of aryl methyl sites for hydroxylation is 1. The largest absolute Gasteiger partial charge is 0.479 e. The van der Waals surface area contributed by atoms with Gasteiger partial charge in [-0.2, -0.15) is 18.5 Å². The molecule has 1 heterocycles. The Balaban J connectivity index is 2.41. The molecule has 9 heteroatoms. The van der Waals surface area contributed by atoms with E-state index in [0.29, 0.717) is 5.69 Å².